The van der Waals surface area contributed by atoms with Gasteiger partial charge in [0.15, 0.2) is 0 Å². The molecule has 2 rings (SSSR count). The first-order valence-corrected chi connectivity index (χ1v) is 6.17. The Morgan fingerprint density at radius 3 is 2.68 bits per heavy atom. The van der Waals surface area contributed by atoms with Crippen LogP contribution in [0.4, 0.5) is 4.79 Å². The fourth-order valence-corrected chi connectivity index (χ4v) is 1.80. The van der Waals surface area contributed by atoms with Crippen LogP contribution in [0.1, 0.15) is 11.4 Å². The lowest BCUT2D eigenvalue weighted by molar-refractivity contribution is 0.200. The van der Waals surface area contributed by atoms with E-state index in [1.54, 1.807) is 12.1 Å². The summed E-state index contributed by atoms with van der Waals surface area (Å²) in [4.78, 5) is 11.5. The normalized spacial score (nSPS) is 10.2. The summed E-state index contributed by atoms with van der Waals surface area (Å²) in [6.07, 6.45) is -0.451. The Morgan fingerprint density at radius 1 is 1.32 bits per heavy atom. The molecule has 0 saturated carbocycles. The number of nitrogens with zero attached hydrogens (tertiary/aromatic N) is 2. The van der Waals surface area contributed by atoms with Crippen LogP contribution < -0.4 is 10.1 Å². The number of aromatic nitrogens is 2. The number of nitrogens with one attached hydrogen (secondary N) is 1. The highest BCUT2D eigenvalue weighted by molar-refractivity contribution is 5.70. The third-order valence-electron chi connectivity index (χ3n) is 2.65. The van der Waals surface area contributed by atoms with Crippen LogP contribution in [0, 0.1) is 13.8 Å². The molecule has 19 heavy (non-hydrogen) atoms. The Hall–Kier alpha value is -2.30. The Labute approximate surface area is 112 Å². The van der Waals surface area contributed by atoms with Crippen LogP contribution in [0.15, 0.2) is 36.4 Å². The molecule has 0 atom stereocenters. The number of carbonyl (C=O) groups excluding carboxylic acids is 1. The van der Waals surface area contributed by atoms with E-state index in [0.717, 1.165) is 11.4 Å². The second-order valence-electron chi connectivity index (χ2n) is 4.28. The summed E-state index contributed by atoms with van der Waals surface area (Å²) < 4.78 is 6.97. The predicted molar refractivity (Wildman–Crippen MR) is 72.2 cm³/mol. The van der Waals surface area contributed by atoms with Gasteiger partial charge in [-0.2, -0.15) is 5.10 Å². The summed E-state index contributed by atoms with van der Waals surface area (Å²) in [7, 11) is 0. The topological polar surface area (TPSA) is 56.2 Å². The Morgan fingerprint density at radius 2 is 2.05 bits per heavy atom. The van der Waals surface area contributed by atoms with Crippen molar-refractivity contribution in [2.45, 2.75) is 20.4 Å². The Bertz CT molecular complexity index is 549. The quantitative estimate of drug-likeness (QED) is 0.916. The molecule has 1 N–H and O–H groups in total. The van der Waals surface area contributed by atoms with E-state index >= 15 is 0 Å². The number of ether oxygens (including phenoxy) is 1. The van der Waals surface area contributed by atoms with Crippen LogP contribution in [0.2, 0.25) is 0 Å². The van der Waals surface area contributed by atoms with Gasteiger partial charge in [-0.25, -0.2) is 4.79 Å². The van der Waals surface area contributed by atoms with Crippen LogP contribution >= 0.6 is 0 Å². The maximum atomic E-state index is 11.5. The first-order valence-electron chi connectivity index (χ1n) is 6.17. The van der Waals surface area contributed by atoms with Crippen molar-refractivity contribution in [3.8, 4) is 5.75 Å². The zero-order chi connectivity index (χ0) is 13.7. The predicted octanol–water partition coefficient (Wildman–Crippen LogP) is 2.29. The smallest absolute Gasteiger partial charge is 0.410 e. The summed E-state index contributed by atoms with van der Waals surface area (Å²) in [5.41, 5.74) is 2.06. The lowest BCUT2D eigenvalue weighted by Crippen LogP contribution is -2.30. The molecule has 1 aromatic carbocycles. The summed E-state index contributed by atoms with van der Waals surface area (Å²) in [5, 5.41) is 7.01. The highest BCUT2D eigenvalue weighted by Gasteiger charge is 2.04. The van der Waals surface area contributed by atoms with Gasteiger partial charge in [-0.05, 0) is 32.0 Å². The van der Waals surface area contributed by atoms with E-state index in [4.69, 9.17) is 4.74 Å². The molecule has 1 heterocycles. The van der Waals surface area contributed by atoms with Gasteiger partial charge in [-0.3, -0.25) is 4.68 Å². The minimum Gasteiger partial charge on any atom is -0.410 e. The van der Waals surface area contributed by atoms with E-state index in [0.29, 0.717) is 18.8 Å². The molecule has 2 aromatic rings. The van der Waals surface area contributed by atoms with Gasteiger partial charge in [0.2, 0.25) is 0 Å². The van der Waals surface area contributed by atoms with Gasteiger partial charge in [-0.1, -0.05) is 18.2 Å². The number of rotatable bonds is 4. The number of para-hydroxylation sites is 1. The Balaban J connectivity index is 1.77. The van der Waals surface area contributed by atoms with Crippen molar-refractivity contribution < 1.29 is 9.53 Å². The average molecular weight is 259 g/mol. The molecule has 0 bridgehead atoms. The van der Waals surface area contributed by atoms with Crippen LogP contribution in [0.3, 0.4) is 0 Å². The monoisotopic (exact) mass is 259 g/mol. The molecule has 0 unspecified atom stereocenters. The standard InChI is InChI=1S/C14H17N3O2/c1-11-10-12(2)17(16-11)9-8-15-14(18)19-13-6-4-3-5-7-13/h3-7,10H,8-9H2,1-2H3,(H,15,18). The molecule has 0 fully saturated rings. The van der Waals surface area contributed by atoms with Crippen molar-refractivity contribution in [2.75, 3.05) is 6.54 Å². The largest absolute Gasteiger partial charge is 0.412 e. The van der Waals surface area contributed by atoms with Gasteiger partial charge in [0.1, 0.15) is 5.75 Å². The molecule has 0 saturated heterocycles. The molecule has 100 valence electrons. The second-order valence-corrected chi connectivity index (χ2v) is 4.28. The highest BCUT2D eigenvalue weighted by Crippen LogP contribution is 2.08. The van der Waals surface area contributed by atoms with Gasteiger partial charge in [-0.15, -0.1) is 0 Å². The van der Waals surface area contributed by atoms with E-state index in [-0.39, 0.29) is 0 Å². The van der Waals surface area contributed by atoms with Crippen molar-refractivity contribution in [3.63, 3.8) is 0 Å². The van der Waals surface area contributed by atoms with Gasteiger partial charge < -0.3 is 10.1 Å². The molecule has 1 amide bonds. The third-order valence-corrected chi connectivity index (χ3v) is 2.65. The summed E-state index contributed by atoms with van der Waals surface area (Å²) in [6, 6.07) is 11.0. The van der Waals surface area contributed by atoms with Crippen LogP contribution in [-0.2, 0) is 6.54 Å². The van der Waals surface area contributed by atoms with Crippen LogP contribution in [0.5, 0.6) is 5.75 Å². The maximum absolute atomic E-state index is 11.5. The second kappa shape index (κ2) is 6.04. The van der Waals surface area contributed by atoms with Gasteiger partial charge in [0, 0.05) is 12.2 Å². The number of benzene rings is 1. The molecule has 5 heteroatoms. The third kappa shape index (κ3) is 3.84. The fraction of sp³-hybridized carbons (Fsp3) is 0.286. The lowest BCUT2D eigenvalue weighted by atomic mass is 10.3. The first kappa shape index (κ1) is 13.1. The molecule has 0 aliphatic heterocycles. The van der Waals surface area contributed by atoms with Crippen molar-refractivity contribution >= 4 is 6.09 Å². The number of aryl methyl sites for hydroxylation is 2. The molecule has 5 nitrogen and oxygen atoms in total. The van der Waals surface area contributed by atoms with Gasteiger partial charge in [0.05, 0.1) is 12.2 Å². The van der Waals surface area contributed by atoms with E-state index in [1.165, 1.54) is 0 Å². The molecular formula is C14H17N3O2. The number of amides is 1. The summed E-state index contributed by atoms with van der Waals surface area (Å²) in [6.45, 7) is 5.04. The minimum atomic E-state index is -0.451. The Kier molecular flexibility index (Phi) is 4.18. The zero-order valence-electron chi connectivity index (χ0n) is 11.1. The van der Waals surface area contributed by atoms with E-state index in [1.807, 2.05) is 42.8 Å². The van der Waals surface area contributed by atoms with Crippen molar-refractivity contribution in [2.24, 2.45) is 0 Å². The summed E-state index contributed by atoms with van der Waals surface area (Å²) in [5.74, 6) is 0.533. The van der Waals surface area contributed by atoms with E-state index in [2.05, 4.69) is 10.4 Å². The molecule has 0 aliphatic carbocycles. The fourth-order valence-electron chi connectivity index (χ4n) is 1.80. The molecule has 0 aliphatic rings. The van der Waals surface area contributed by atoms with Crippen LogP contribution in [0.25, 0.3) is 0 Å². The summed E-state index contributed by atoms with van der Waals surface area (Å²) >= 11 is 0. The van der Waals surface area contributed by atoms with E-state index in [9.17, 15) is 4.79 Å². The first-order chi connectivity index (χ1) is 9.15. The maximum Gasteiger partial charge on any atom is 0.412 e. The molecule has 0 spiro atoms. The van der Waals surface area contributed by atoms with Crippen molar-refractivity contribution in [1.29, 1.82) is 0 Å². The number of hydrogen-bond donors (Lipinski definition) is 1. The molecule has 1 aromatic heterocycles. The molecular weight excluding hydrogens is 242 g/mol. The highest BCUT2D eigenvalue weighted by atomic mass is 16.6. The lowest BCUT2D eigenvalue weighted by Gasteiger charge is -2.07. The van der Waals surface area contributed by atoms with Gasteiger partial charge >= 0.3 is 6.09 Å². The average Bonchev–Trinajstić information content (AvgIpc) is 2.69. The number of hydrogen-bond acceptors (Lipinski definition) is 3. The van der Waals surface area contributed by atoms with Crippen molar-refractivity contribution in [3.05, 3.63) is 47.8 Å². The van der Waals surface area contributed by atoms with E-state index < -0.39 is 6.09 Å². The van der Waals surface area contributed by atoms with Gasteiger partial charge in [0.25, 0.3) is 0 Å². The molecule has 0 radical (unpaired) electrons. The number of carbonyl (C=O) groups is 1. The SMILES string of the molecule is Cc1cc(C)n(CCNC(=O)Oc2ccccc2)n1. The minimum absolute atomic E-state index is 0.451. The van der Waals surface area contributed by atoms with Crippen molar-refractivity contribution in [1.82, 2.24) is 15.1 Å². The van der Waals surface area contributed by atoms with Crippen LogP contribution in [-0.4, -0.2) is 22.4 Å². The zero-order valence-corrected chi connectivity index (χ0v) is 11.1.